The smallest absolute Gasteiger partial charge is 0.256 e. The van der Waals surface area contributed by atoms with E-state index in [9.17, 15) is 4.79 Å². The van der Waals surface area contributed by atoms with Gasteiger partial charge in [-0.1, -0.05) is 12.1 Å². The number of amides is 1. The van der Waals surface area contributed by atoms with Gasteiger partial charge in [0.2, 0.25) is 0 Å². The van der Waals surface area contributed by atoms with Crippen molar-refractivity contribution in [3.05, 3.63) is 60.0 Å². The Morgan fingerprint density at radius 3 is 2.56 bits per heavy atom. The van der Waals surface area contributed by atoms with Crippen LogP contribution < -0.4 is 5.32 Å². The van der Waals surface area contributed by atoms with Gasteiger partial charge in [-0.15, -0.1) is 33.7 Å². The highest BCUT2D eigenvalue weighted by molar-refractivity contribution is 8.16. The molecule has 3 heterocycles. The molecule has 0 radical (unpaired) electrons. The molecule has 0 unspecified atom stereocenters. The van der Waals surface area contributed by atoms with Crippen molar-refractivity contribution in [1.82, 2.24) is 19.7 Å². The first kappa shape index (κ1) is 18.1. The van der Waals surface area contributed by atoms with E-state index in [0.29, 0.717) is 16.0 Å². The molecule has 3 aromatic rings. The number of pyridine rings is 1. The summed E-state index contributed by atoms with van der Waals surface area (Å²) < 4.78 is 2.30. The van der Waals surface area contributed by atoms with E-state index < -0.39 is 0 Å². The van der Waals surface area contributed by atoms with E-state index in [1.807, 2.05) is 53.3 Å². The second-order valence-electron chi connectivity index (χ2n) is 6.20. The molecule has 6 nitrogen and oxygen atoms in total. The van der Waals surface area contributed by atoms with Gasteiger partial charge in [0.15, 0.2) is 5.82 Å². The predicted octanol–water partition coefficient (Wildman–Crippen LogP) is 4.00. The molecule has 0 atom stereocenters. The molecule has 1 saturated heterocycles. The van der Waals surface area contributed by atoms with Crippen LogP contribution in [0, 0.1) is 0 Å². The fourth-order valence-corrected chi connectivity index (χ4v) is 5.70. The Morgan fingerprint density at radius 1 is 1.15 bits per heavy atom. The molecule has 1 aromatic carbocycles. The Hall–Kier alpha value is -2.32. The van der Waals surface area contributed by atoms with Crippen LogP contribution >= 0.6 is 23.5 Å². The highest BCUT2D eigenvalue weighted by Gasteiger charge is 2.17. The zero-order valence-electron chi connectivity index (χ0n) is 14.8. The quantitative estimate of drug-likeness (QED) is 0.717. The lowest BCUT2D eigenvalue weighted by atomic mass is 10.1. The maximum absolute atomic E-state index is 12.5. The van der Waals surface area contributed by atoms with Gasteiger partial charge in [-0.3, -0.25) is 4.79 Å². The fraction of sp³-hybridized carbons (Fsp3) is 0.263. The number of rotatable bonds is 4. The molecule has 4 rings (SSSR count). The van der Waals surface area contributed by atoms with E-state index in [2.05, 4.69) is 32.6 Å². The zero-order chi connectivity index (χ0) is 18.6. The van der Waals surface area contributed by atoms with E-state index in [1.165, 1.54) is 23.5 Å². The van der Waals surface area contributed by atoms with Crippen LogP contribution in [0.5, 0.6) is 0 Å². The number of thioether (sulfide) groups is 2. The van der Waals surface area contributed by atoms with E-state index in [1.54, 1.807) is 18.6 Å². The van der Waals surface area contributed by atoms with Gasteiger partial charge in [0.1, 0.15) is 12.1 Å². The Kier molecular flexibility index (Phi) is 5.45. The van der Waals surface area contributed by atoms with Crippen LogP contribution in [-0.2, 0) is 7.05 Å². The summed E-state index contributed by atoms with van der Waals surface area (Å²) in [7, 11) is 1.87. The van der Waals surface area contributed by atoms with Crippen LogP contribution in [0.3, 0.4) is 0 Å². The summed E-state index contributed by atoms with van der Waals surface area (Å²) in [6.07, 6.45) is 4.59. The summed E-state index contributed by atoms with van der Waals surface area (Å²) in [5, 5.41) is 10.8. The van der Waals surface area contributed by atoms with Crippen molar-refractivity contribution in [2.45, 2.75) is 11.0 Å². The predicted molar refractivity (Wildman–Crippen MR) is 111 cm³/mol. The summed E-state index contributed by atoms with van der Waals surface area (Å²) in [5.74, 6) is 3.48. The lowest BCUT2D eigenvalue weighted by molar-refractivity contribution is 0.102. The molecule has 1 aliphatic rings. The highest BCUT2D eigenvalue weighted by Crippen LogP contribution is 2.43. The Labute approximate surface area is 166 Å². The number of nitrogens with one attached hydrogen (secondary N) is 1. The normalized spacial score (nSPS) is 14.9. The van der Waals surface area contributed by atoms with Crippen molar-refractivity contribution in [2.75, 3.05) is 16.8 Å². The van der Waals surface area contributed by atoms with Gasteiger partial charge in [-0.2, -0.15) is 0 Å². The minimum absolute atomic E-state index is 0.163. The van der Waals surface area contributed by atoms with E-state index in [4.69, 9.17) is 0 Å². The van der Waals surface area contributed by atoms with Gasteiger partial charge >= 0.3 is 0 Å². The third-order valence-electron chi connectivity index (χ3n) is 4.25. The van der Waals surface area contributed by atoms with Crippen molar-refractivity contribution in [2.24, 2.45) is 7.05 Å². The number of aromatic nitrogens is 4. The molecular weight excluding hydrogens is 378 g/mol. The maximum atomic E-state index is 12.5. The molecule has 8 heteroatoms. The van der Waals surface area contributed by atoms with Gasteiger partial charge < -0.3 is 9.88 Å². The fourth-order valence-electron chi connectivity index (χ4n) is 2.80. The average molecular weight is 398 g/mol. The van der Waals surface area contributed by atoms with Crippen molar-refractivity contribution in [1.29, 1.82) is 0 Å². The van der Waals surface area contributed by atoms with Crippen molar-refractivity contribution >= 4 is 35.2 Å². The van der Waals surface area contributed by atoms with Gasteiger partial charge in [0, 0.05) is 24.4 Å². The van der Waals surface area contributed by atoms with Gasteiger partial charge in [0.25, 0.3) is 5.91 Å². The van der Waals surface area contributed by atoms with Gasteiger partial charge in [-0.05, 0) is 47.8 Å². The molecule has 1 fully saturated rings. The topological polar surface area (TPSA) is 72.7 Å². The molecule has 1 amide bonds. The number of anilines is 1. The SMILES string of the molecule is Cn1cnnc1-c1ccc(NC(=O)c2ccc(C3SCCCS3)cc2)nc1. The monoisotopic (exact) mass is 397 g/mol. The lowest BCUT2D eigenvalue weighted by Crippen LogP contribution is -2.13. The third kappa shape index (κ3) is 4.17. The molecule has 2 aromatic heterocycles. The van der Waals surface area contributed by atoms with Crippen LogP contribution in [0.4, 0.5) is 5.82 Å². The molecular formula is C19H19N5OS2. The minimum atomic E-state index is -0.163. The molecule has 0 saturated carbocycles. The third-order valence-corrected chi connectivity index (χ3v) is 7.26. The van der Waals surface area contributed by atoms with Crippen LogP contribution in [0.2, 0.25) is 0 Å². The van der Waals surface area contributed by atoms with E-state index >= 15 is 0 Å². The first-order chi connectivity index (χ1) is 13.2. The second kappa shape index (κ2) is 8.14. The van der Waals surface area contributed by atoms with E-state index in [-0.39, 0.29) is 5.91 Å². The first-order valence-electron chi connectivity index (χ1n) is 8.65. The molecule has 1 aliphatic heterocycles. The number of carbonyl (C=O) groups excluding carboxylic acids is 1. The summed E-state index contributed by atoms with van der Waals surface area (Å²) in [5.41, 5.74) is 2.75. The summed E-state index contributed by atoms with van der Waals surface area (Å²) in [4.78, 5) is 16.8. The maximum Gasteiger partial charge on any atom is 0.256 e. The Bertz CT molecular complexity index is 918. The van der Waals surface area contributed by atoms with Crippen molar-refractivity contribution in [3.63, 3.8) is 0 Å². The zero-order valence-corrected chi connectivity index (χ0v) is 16.5. The summed E-state index contributed by atoms with van der Waals surface area (Å²) in [6.45, 7) is 0. The van der Waals surface area contributed by atoms with Crippen LogP contribution in [0.15, 0.2) is 48.9 Å². The average Bonchev–Trinajstić information content (AvgIpc) is 3.15. The molecule has 0 aliphatic carbocycles. The van der Waals surface area contributed by atoms with E-state index in [0.717, 1.165) is 11.4 Å². The summed E-state index contributed by atoms with van der Waals surface area (Å²) >= 11 is 3.95. The second-order valence-corrected chi connectivity index (χ2v) is 8.93. The number of carbonyl (C=O) groups is 1. The lowest BCUT2D eigenvalue weighted by Gasteiger charge is -2.21. The molecule has 138 valence electrons. The van der Waals surface area contributed by atoms with Crippen LogP contribution in [0.25, 0.3) is 11.4 Å². The summed E-state index contributed by atoms with van der Waals surface area (Å²) in [6, 6.07) is 11.5. The number of aryl methyl sites for hydroxylation is 1. The molecule has 0 spiro atoms. The highest BCUT2D eigenvalue weighted by atomic mass is 32.2. The molecule has 27 heavy (non-hydrogen) atoms. The van der Waals surface area contributed by atoms with Gasteiger partial charge in [-0.25, -0.2) is 4.98 Å². The molecule has 0 bridgehead atoms. The minimum Gasteiger partial charge on any atom is -0.317 e. The van der Waals surface area contributed by atoms with Crippen molar-refractivity contribution < 1.29 is 4.79 Å². The van der Waals surface area contributed by atoms with Crippen molar-refractivity contribution in [3.8, 4) is 11.4 Å². The largest absolute Gasteiger partial charge is 0.317 e. The van der Waals surface area contributed by atoms with Gasteiger partial charge in [0.05, 0.1) is 4.58 Å². The number of benzene rings is 1. The first-order valence-corrected chi connectivity index (χ1v) is 10.8. The number of hydrogen-bond donors (Lipinski definition) is 1. The standard InChI is InChI=1S/C19H19N5OS2/c1-24-12-21-23-17(24)15-7-8-16(20-11-15)22-18(25)13-3-5-14(6-4-13)19-26-9-2-10-27-19/h3-8,11-12,19H,2,9-10H2,1H3,(H,20,22,25). The van der Waals surface area contributed by atoms with Crippen LogP contribution in [-0.4, -0.2) is 37.2 Å². The Balaban J connectivity index is 1.42. The van der Waals surface area contributed by atoms with Crippen LogP contribution in [0.1, 0.15) is 26.9 Å². The Morgan fingerprint density at radius 2 is 1.93 bits per heavy atom. The number of nitrogens with zero attached hydrogens (tertiary/aromatic N) is 4. The molecule has 1 N–H and O–H groups in total. The number of hydrogen-bond acceptors (Lipinski definition) is 6.